The van der Waals surface area contributed by atoms with Gasteiger partial charge in [-0.1, -0.05) is 72.8 Å². The molecule has 0 spiro atoms. The van der Waals surface area contributed by atoms with Crippen molar-refractivity contribution in [2.45, 2.75) is 6.54 Å². The van der Waals surface area contributed by atoms with Gasteiger partial charge in [-0.15, -0.1) is 0 Å². The molecule has 4 rings (SSSR count). The molecule has 4 aromatic rings. The summed E-state index contributed by atoms with van der Waals surface area (Å²) in [5.74, 6) is -2.40. The third kappa shape index (κ3) is 4.04. The summed E-state index contributed by atoms with van der Waals surface area (Å²) in [6.07, 6.45) is 0. The van der Waals surface area contributed by atoms with Crippen LogP contribution in [-0.2, 0) is 6.54 Å². The van der Waals surface area contributed by atoms with E-state index in [1.807, 2.05) is 24.3 Å². The Morgan fingerprint density at radius 3 is 1.84 bits per heavy atom. The quantitative estimate of drug-likeness (QED) is 0.482. The zero-order valence-corrected chi connectivity index (χ0v) is 16.8. The molecule has 7 nitrogen and oxygen atoms in total. The van der Waals surface area contributed by atoms with Crippen LogP contribution in [0.1, 0.15) is 26.3 Å². The predicted molar refractivity (Wildman–Crippen MR) is 119 cm³/mol. The summed E-state index contributed by atoms with van der Waals surface area (Å²) in [6, 6.07) is 23.9. The van der Waals surface area contributed by atoms with Crippen molar-refractivity contribution in [1.29, 1.82) is 0 Å². The van der Waals surface area contributed by atoms with E-state index >= 15 is 0 Å². The molecule has 7 heteroatoms. The molecule has 1 aromatic heterocycles. The van der Waals surface area contributed by atoms with Crippen LogP contribution in [0.2, 0.25) is 0 Å². The largest absolute Gasteiger partial charge is 0.478 e. The SMILES string of the molecule is O=C(O)c1ccc(Cn2nc(-c3ccccc3)c(-c3ccccc3)c(C(=O)O)c2=O)cc1. The molecule has 3 aromatic carbocycles. The molecule has 0 aliphatic rings. The van der Waals surface area contributed by atoms with Gasteiger partial charge in [-0.25, -0.2) is 14.3 Å². The van der Waals surface area contributed by atoms with E-state index in [1.165, 1.54) is 12.1 Å². The van der Waals surface area contributed by atoms with Crippen molar-refractivity contribution in [1.82, 2.24) is 9.78 Å². The van der Waals surface area contributed by atoms with E-state index < -0.39 is 17.5 Å². The zero-order valence-electron chi connectivity index (χ0n) is 16.8. The lowest BCUT2D eigenvalue weighted by Gasteiger charge is -2.16. The highest BCUT2D eigenvalue weighted by Gasteiger charge is 2.24. The maximum Gasteiger partial charge on any atom is 0.342 e. The summed E-state index contributed by atoms with van der Waals surface area (Å²) in [7, 11) is 0. The Morgan fingerprint density at radius 2 is 1.31 bits per heavy atom. The minimum Gasteiger partial charge on any atom is -0.478 e. The molecule has 0 aliphatic heterocycles. The molecule has 0 saturated heterocycles. The number of carboxylic acid groups (broad SMARTS) is 2. The second-order valence-corrected chi connectivity index (χ2v) is 7.10. The first-order chi connectivity index (χ1) is 15.5. The van der Waals surface area contributed by atoms with Crippen LogP contribution in [0.4, 0.5) is 0 Å². The maximum absolute atomic E-state index is 13.2. The molecule has 0 amide bonds. The van der Waals surface area contributed by atoms with Gasteiger partial charge in [0, 0.05) is 11.1 Å². The number of nitrogens with zero attached hydrogens (tertiary/aromatic N) is 2. The number of rotatable bonds is 6. The first-order valence-electron chi connectivity index (χ1n) is 9.77. The van der Waals surface area contributed by atoms with Crippen molar-refractivity contribution in [2.24, 2.45) is 0 Å². The number of carboxylic acids is 2. The summed E-state index contributed by atoms with van der Waals surface area (Å²) in [5, 5.41) is 23.6. The molecule has 0 saturated carbocycles. The highest BCUT2D eigenvalue weighted by molar-refractivity contribution is 5.99. The van der Waals surface area contributed by atoms with Crippen LogP contribution in [0, 0.1) is 0 Å². The fraction of sp³-hybridized carbons (Fsp3) is 0.0400. The lowest BCUT2D eigenvalue weighted by molar-refractivity contribution is 0.0684. The average molecular weight is 426 g/mol. The van der Waals surface area contributed by atoms with Crippen molar-refractivity contribution in [2.75, 3.05) is 0 Å². The van der Waals surface area contributed by atoms with Gasteiger partial charge in [0.1, 0.15) is 5.56 Å². The van der Waals surface area contributed by atoms with E-state index in [-0.39, 0.29) is 23.2 Å². The van der Waals surface area contributed by atoms with Crippen LogP contribution in [0.5, 0.6) is 0 Å². The van der Waals surface area contributed by atoms with Crippen LogP contribution >= 0.6 is 0 Å². The summed E-state index contributed by atoms with van der Waals surface area (Å²) < 4.78 is 1.11. The fourth-order valence-electron chi connectivity index (χ4n) is 3.49. The van der Waals surface area contributed by atoms with Gasteiger partial charge in [0.15, 0.2) is 0 Å². The molecular formula is C25H18N2O5. The molecule has 158 valence electrons. The van der Waals surface area contributed by atoms with Crippen LogP contribution in [0.25, 0.3) is 22.4 Å². The first-order valence-corrected chi connectivity index (χ1v) is 9.77. The van der Waals surface area contributed by atoms with Gasteiger partial charge in [-0.2, -0.15) is 5.10 Å². The second-order valence-electron chi connectivity index (χ2n) is 7.10. The van der Waals surface area contributed by atoms with Gasteiger partial charge in [-0.05, 0) is 23.3 Å². The second kappa shape index (κ2) is 8.69. The third-order valence-electron chi connectivity index (χ3n) is 5.01. The maximum atomic E-state index is 13.2. The Hall–Kier alpha value is -4.52. The topological polar surface area (TPSA) is 109 Å². The average Bonchev–Trinajstić information content (AvgIpc) is 2.81. The molecule has 2 N–H and O–H groups in total. The number of hydrogen-bond donors (Lipinski definition) is 2. The molecule has 1 heterocycles. The summed E-state index contributed by atoms with van der Waals surface area (Å²) in [5.41, 5.74) is 1.50. The van der Waals surface area contributed by atoms with E-state index in [2.05, 4.69) is 5.10 Å². The molecular weight excluding hydrogens is 408 g/mol. The third-order valence-corrected chi connectivity index (χ3v) is 5.01. The predicted octanol–water partition coefficient (Wildman–Crippen LogP) is 4.02. The summed E-state index contributed by atoms with van der Waals surface area (Å²) in [4.78, 5) is 36.5. The van der Waals surface area contributed by atoms with Crippen molar-refractivity contribution >= 4 is 11.9 Å². The van der Waals surface area contributed by atoms with E-state index in [0.29, 0.717) is 22.4 Å². The highest BCUT2D eigenvalue weighted by atomic mass is 16.4. The molecule has 0 unspecified atom stereocenters. The fourth-order valence-corrected chi connectivity index (χ4v) is 3.49. The van der Waals surface area contributed by atoms with Crippen molar-refractivity contribution in [3.05, 3.63) is 112 Å². The molecule has 0 fully saturated rings. The minimum absolute atomic E-state index is 0.00604. The first kappa shape index (κ1) is 20.7. The van der Waals surface area contributed by atoms with E-state index in [0.717, 1.165) is 4.68 Å². The summed E-state index contributed by atoms with van der Waals surface area (Å²) in [6.45, 7) is -0.00604. The van der Waals surface area contributed by atoms with Crippen molar-refractivity contribution < 1.29 is 19.8 Å². The van der Waals surface area contributed by atoms with Crippen molar-refractivity contribution in [3.8, 4) is 22.4 Å². The number of hydrogen-bond acceptors (Lipinski definition) is 4. The van der Waals surface area contributed by atoms with Gasteiger partial charge in [-0.3, -0.25) is 4.79 Å². The Balaban J connectivity index is 1.94. The highest BCUT2D eigenvalue weighted by Crippen LogP contribution is 2.32. The number of aromatic nitrogens is 2. The number of aromatic carboxylic acids is 2. The van der Waals surface area contributed by atoms with E-state index in [4.69, 9.17) is 5.11 Å². The Morgan fingerprint density at radius 1 is 0.750 bits per heavy atom. The van der Waals surface area contributed by atoms with Gasteiger partial charge in [0.2, 0.25) is 0 Å². The lowest BCUT2D eigenvalue weighted by atomic mass is 9.95. The van der Waals surface area contributed by atoms with Crippen LogP contribution in [-0.4, -0.2) is 31.9 Å². The zero-order chi connectivity index (χ0) is 22.7. The van der Waals surface area contributed by atoms with Gasteiger partial charge in [0.05, 0.1) is 17.8 Å². The normalized spacial score (nSPS) is 10.6. The molecule has 0 atom stereocenters. The van der Waals surface area contributed by atoms with Gasteiger partial charge < -0.3 is 10.2 Å². The molecule has 0 aliphatic carbocycles. The number of benzene rings is 3. The smallest absolute Gasteiger partial charge is 0.342 e. The molecule has 0 radical (unpaired) electrons. The molecule has 32 heavy (non-hydrogen) atoms. The Bertz CT molecular complexity index is 1350. The van der Waals surface area contributed by atoms with Crippen LogP contribution in [0.15, 0.2) is 89.7 Å². The standard InChI is InChI=1S/C25H18N2O5/c28-23-21(25(31)32)20(17-7-3-1-4-8-17)22(18-9-5-2-6-10-18)26-27(23)15-16-11-13-19(14-12-16)24(29)30/h1-14H,15H2,(H,29,30)(H,31,32). The monoisotopic (exact) mass is 426 g/mol. The van der Waals surface area contributed by atoms with Gasteiger partial charge >= 0.3 is 11.9 Å². The van der Waals surface area contributed by atoms with Crippen LogP contribution in [0.3, 0.4) is 0 Å². The summed E-state index contributed by atoms with van der Waals surface area (Å²) >= 11 is 0. The van der Waals surface area contributed by atoms with Crippen molar-refractivity contribution in [3.63, 3.8) is 0 Å². The number of carbonyl (C=O) groups is 2. The van der Waals surface area contributed by atoms with E-state index in [1.54, 1.807) is 48.5 Å². The Kier molecular flexibility index (Phi) is 5.63. The lowest BCUT2D eigenvalue weighted by Crippen LogP contribution is -2.31. The minimum atomic E-state index is -1.34. The molecule has 0 bridgehead atoms. The van der Waals surface area contributed by atoms with Crippen LogP contribution < -0.4 is 5.56 Å². The van der Waals surface area contributed by atoms with E-state index in [9.17, 15) is 19.5 Å². The van der Waals surface area contributed by atoms with Gasteiger partial charge in [0.25, 0.3) is 5.56 Å². The Labute approximate surface area is 182 Å².